The monoisotopic (exact) mass is 326 g/mol. The molecule has 0 saturated heterocycles. The van der Waals surface area contributed by atoms with Gasteiger partial charge in [-0.05, 0) is 36.5 Å². The lowest BCUT2D eigenvalue weighted by Crippen LogP contribution is -2.35. The van der Waals surface area contributed by atoms with E-state index in [1.54, 1.807) is 7.11 Å². The van der Waals surface area contributed by atoms with E-state index in [0.29, 0.717) is 26.1 Å². The molecule has 0 spiro atoms. The Morgan fingerprint density at radius 1 is 1.13 bits per heavy atom. The summed E-state index contributed by atoms with van der Waals surface area (Å²) >= 11 is 0. The molecule has 0 bridgehead atoms. The van der Waals surface area contributed by atoms with Gasteiger partial charge in [0.2, 0.25) is 0 Å². The third-order valence-corrected chi connectivity index (χ3v) is 3.59. The van der Waals surface area contributed by atoms with E-state index in [-0.39, 0.29) is 5.92 Å². The van der Waals surface area contributed by atoms with E-state index in [1.807, 2.05) is 31.2 Å². The molecule has 3 atom stereocenters. The molecule has 0 radical (unpaired) electrons. The molecular weight excluding hydrogens is 300 g/mol. The van der Waals surface area contributed by atoms with Crippen LogP contribution in [0.15, 0.2) is 24.3 Å². The van der Waals surface area contributed by atoms with Crippen molar-refractivity contribution in [2.75, 3.05) is 20.8 Å². The molecule has 0 amide bonds. The van der Waals surface area contributed by atoms with Gasteiger partial charge in [0.15, 0.2) is 6.10 Å². The predicted octanol–water partition coefficient (Wildman–Crippen LogP) is 1.52. The van der Waals surface area contributed by atoms with Gasteiger partial charge in [0, 0.05) is 6.61 Å². The first-order valence-electron chi connectivity index (χ1n) is 7.62. The number of hydrogen-bond donors (Lipinski definition) is 2. The zero-order valence-corrected chi connectivity index (χ0v) is 13.9. The Balaban J connectivity index is 2.23. The second-order valence-corrected chi connectivity index (χ2v) is 5.58. The van der Waals surface area contributed by atoms with Crippen LogP contribution in [0.3, 0.4) is 0 Å². The molecule has 6 nitrogen and oxygen atoms in total. The highest BCUT2D eigenvalue weighted by molar-refractivity contribution is 5.74. The highest BCUT2D eigenvalue weighted by Gasteiger charge is 2.25. The van der Waals surface area contributed by atoms with E-state index in [1.165, 1.54) is 7.11 Å². The molecule has 1 aromatic carbocycles. The van der Waals surface area contributed by atoms with E-state index in [0.717, 1.165) is 11.3 Å². The number of aliphatic hydroxyl groups excluding tert-OH is 2. The third kappa shape index (κ3) is 6.99. The predicted molar refractivity (Wildman–Crippen MR) is 85.1 cm³/mol. The molecule has 0 unspecified atom stereocenters. The van der Waals surface area contributed by atoms with Crippen LogP contribution < -0.4 is 4.74 Å². The average molecular weight is 326 g/mol. The summed E-state index contributed by atoms with van der Waals surface area (Å²) < 4.78 is 15.1. The third-order valence-electron chi connectivity index (χ3n) is 3.59. The number of ether oxygens (including phenoxy) is 3. The van der Waals surface area contributed by atoms with E-state index in [9.17, 15) is 15.0 Å². The molecule has 0 aliphatic rings. The quantitative estimate of drug-likeness (QED) is 0.634. The summed E-state index contributed by atoms with van der Waals surface area (Å²) in [5, 5.41) is 19.2. The van der Waals surface area contributed by atoms with Crippen LogP contribution in [0, 0.1) is 5.92 Å². The van der Waals surface area contributed by atoms with Crippen molar-refractivity contribution >= 4 is 5.97 Å². The van der Waals surface area contributed by atoms with E-state index in [4.69, 9.17) is 9.47 Å². The molecule has 6 heteroatoms. The maximum Gasteiger partial charge on any atom is 0.337 e. The Morgan fingerprint density at radius 2 is 1.78 bits per heavy atom. The molecule has 0 aliphatic heterocycles. The lowest BCUT2D eigenvalue weighted by atomic mass is 10.0. The summed E-state index contributed by atoms with van der Waals surface area (Å²) in [5.74, 6) is 0.189. The van der Waals surface area contributed by atoms with Gasteiger partial charge < -0.3 is 24.4 Å². The van der Waals surface area contributed by atoms with Crippen molar-refractivity contribution in [1.82, 2.24) is 0 Å². The van der Waals surface area contributed by atoms with Crippen LogP contribution >= 0.6 is 0 Å². The smallest absolute Gasteiger partial charge is 0.337 e. The minimum atomic E-state index is -1.49. The first-order chi connectivity index (χ1) is 11.0. The zero-order valence-electron chi connectivity index (χ0n) is 13.9. The van der Waals surface area contributed by atoms with Crippen molar-refractivity contribution < 1.29 is 29.2 Å². The Labute approximate surface area is 137 Å². The lowest BCUT2D eigenvalue weighted by Gasteiger charge is -2.18. The van der Waals surface area contributed by atoms with Crippen LogP contribution in [0.1, 0.15) is 25.3 Å². The molecular formula is C17H26O6. The summed E-state index contributed by atoms with van der Waals surface area (Å²) in [6.45, 7) is 3.03. The molecule has 0 fully saturated rings. The second-order valence-electron chi connectivity index (χ2n) is 5.58. The summed E-state index contributed by atoms with van der Waals surface area (Å²) in [5.41, 5.74) is 1.05. The normalized spacial score (nSPS) is 14.8. The maximum absolute atomic E-state index is 11.1. The van der Waals surface area contributed by atoms with E-state index in [2.05, 4.69) is 4.74 Å². The molecule has 0 aromatic heterocycles. The van der Waals surface area contributed by atoms with Crippen molar-refractivity contribution in [3.05, 3.63) is 29.8 Å². The molecule has 1 aromatic rings. The summed E-state index contributed by atoms with van der Waals surface area (Å²) in [6, 6.07) is 7.65. The number of carbonyl (C=O) groups excluding carboxylic acids is 1. The van der Waals surface area contributed by atoms with Crippen molar-refractivity contribution in [2.45, 2.75) is 38.6 Å². The zero-order chi connectivity index (χ0) is 17.2. The second kappa shape index (κ2) is 10.2. The molecule has 130 valence electrons. The van der Waals surface area contributed by atoms with Crippen molar-refractivity contribution in [1.29, 1.82) is 0 Å². The number of rotatable bonds is 10. The van der Waals surface area contributed by atoms with E-state index < -0.39 is 18.2 Å². The Kier molecular flexibility index (Phi) is 8.61. The van der Waals surface area contributed by atoms with Gasteiger partial charge in [-0.1, -0.05) is 19.1 Å². The topological polar surface area (TPSA) is 85.2 Å². The van der Waals surface area contributed by atoms with Gasteiger partial charge >= 0.3 is 5.97 Å². The van der Waals surface area contributed by atoms with Gasteiger partial charge in [-0.2, -0.15) is 0 Å². The molecule has 1 rings (SSSR count). The SMILES string of the molecule is COC(=O)[C@H](O)[C@@H](O)CC[C@H](C)COCc1ccc(OC)cc1. The molecule has 0 aliphatic carbocycles. The minimum Gasteiger partial charge on any atom is -0.497 e. The Hall–Kier alpha value is -1.63. The Morgan fingerprint density at radius 3 is 2.35 bits per heavy atom. The summed E-state index contributed by atoms with van der Waals surface area (Å²) in [4.78, 5) is 11.1. The summed E-state index contributed by atoms with van der Waals surface area (Å²) in [6.07, 6.45) is -1.67. The molecule has 2 N–H and O–H groups in total. The number of hydrogen-bond acceptors (Lipinski definition) is 6. The first kappa shape index (κ1) is 19.4. The fourth-order valence-electron chi connectivity index (χ4n) is 2.07. The highest BCUT2D eigenvalue weighted by atomic mass is 16.5. The van der Waals surface area contributed by atoms with E-state index >= 15 is 0 Å². The number of carbonyl (C=O) groups is 1. The molecule has 0 heterocycles. The first-order valence-corrected chi connectivity index (χ1v) is 7.62. The lowest BCUT2D eigenvalue weighted by molar-refractivity contribution is -0.156. The van der Waals surface area contributed by atoms with Gasteiger partial charge in [-0.3, -0.25) is 0 Å². The standard InChI is InChI=1S/C17H26O6/c1-12(4-9-15(18)16(19)17(20)22-3)10-23-11-13-5-7-14(21-2)8-6-13/h5-8,12,15-16,18-19H,4,9-11H2,1-3H3/t12-,15-,16+/m0/s1. The van der Waals surface area contributed by atoms with Gasteiger partial charge in [0.05, 0.1) is 26.9 Å². The van der Waals surface area contributed by atoms with Crippen LogP contribution in [0.4, 0.5) is 0 Å². The number of aliphatic hydroxyl groups is 2. The molecule has 0 saturated carbocycles. The van der Waals surface area contributed by atoms with Gasteiger partial charge in [-0.15, -0.1) is 0 Å². The Bertz CT molecular complexity index is 459. The highest BCUT2D eigenvalue weighted by Crippen LogP contribution is 2.14. The van der Waals surface area contributed by atoms with Crippen molar-refractivity contribution in [3.8, 4) is 5.75 Å². The minimum absolute atomic E-state index is 0.202. The van der Waals surface area contributed by atoms with Gasteiger partial charge in [-0.25, -0.2) is 4.79 Å². The van der Waals surface area contributed by atoms with Gasteiger partial charge in [0.25, 0.3) is 0 Å². The summed E-state index contributed by atoms with van der Waals surface area (Å²) in [7, 11) is 2.80. The van der Waals surface area contributed by atoms with Crippen LogP contribution in [-0.4, -0.2) is 49.2 Å². The van der Waals surface area contributed by atoms with Crippen LogP contribution in [0.2, 0.25) is 0 Å². The van der Waals surface area contributed by atoms with Crippen LogP contribution in [0.25, 0.3) is 0 Å². The van der Waals surface area contributed by atoms with Crippen LogP contribution in [-0.2, 0) is 20.9 Å². The maximum atomic E-state index is 11.1. The molecule has 23 heavy (non-hydrogen) atoms. The van der Waals surface area contributed by atoms with Crippen molar-refractivity contribution in [3.63, 3.8) is 0 Å². The number of benzene rings is 1. The van der Waals surface area contributed by atoms with Gasteiger partial charge in [0.1, 0.15) is 5.75 Å². The average Bonchev–Trinajstić information content (AvgIpc) is 2.58. The van der Waals surface area contributed by atoms with Crippen LogP contribution in [0.5, 0.6) is 5.75 Å². The number of methoxy groups -OCH3 is 2. The van der Waals surface area contributed by atoms with Crippen molar-refractivity contribution in [2.24, 2.45) is 5.92 Å². The fraction of sp³-hybridized carbons (Fsp3) is 0.588. The number of esters is 1. The largest absolute Gasteiger partial charge is 0.497 e. The fourth-order valence-corrected chi connectivity index (χ4v) is 2.07.